The van der Waals surface area contributed by atoms with E-state index in [9.17, 15) is 0 Å². The van der Waals surface area contributed by atoms with E-state index in [0.29, 0.717) is 6.04 Å². The van der Waals surface area contributed by atoms with Gasteiger partial charge in [-0.3, -0.25) is 4.90 Å². The van der Waals surface area contributed by atoms with Crippen molar-refractivity contribution in [2.24, 2.45) is 5.92 Å². The van der Waals surface area contributed by atoms with Crippen LogP contribution in [0, 0.1) is 12.8 Å². The highest BCUT2D eigenvalue weighted by molar-refractivity contribution is 5.85. The van der Waals surface area contributed by atoms with Crippen molar-refractivity contribution in [1.82, 2.24) is 10.2 Å². The molecule has 0 aromatic heterocycles. The van der Waals surface area contributed by atoms with Crippen molar-refractivity contribution < 1.29 is 0 Å². The van der Waals surface area contributed by atoms with Crippen molar-refractivity contribution >= 4 is 12.4 Å². The molecule has 0 spiro atoms. The van der Waals surface area contributed by atoms with Gasteiger partial charge < -0.3 is 5.32 Å². The normalized spacial score (nSPS) is 24.5. The molecule has 1 unspecified atom stereocenters. The minimum absolute atomic E-state index is 0. The molecule has 0 amide bonds. The number of nitrogens with one attached hydrogen (secondary N) is 1. The number of rotatable bonds is 3. The fourth-order valence-corrected chi connectivity index (χ4v) is 3.77. The maximum atomic E-state index is 3.48. The van der Waals surface area contributed by atoms with Crippen LogP contribution in [-0.4, -0.2) is 31.1 Å². The van der Waals surface area contributed by atoms with Gasteiger partial charge in [-0.2, -0.15) is 0 Å². The zero-order chi connectivity index (χ0) is 13.8. The van der Waals surface area contributed by atoms with E-state index in [-0.39, 0.29) is 12.4 Å². The van der Waals surface area contributed by atoms with E-state index in [1.54, 1.807) is 0 Å². The zero-order valence-corrected chi connectivity index (χ0v) is 14.0. The Morgan fingerprint density at radius 3 is 2.48 bits per heavy atom. The third-order valence-electron chi connectivity index (χ3n) is 5.03. The average molecular weight is 309 g/mol. The summed E-state index contributed by atoms with van der Waals surface area (Å²) >= 11 is 0. The molecule has 1 aromatic carbocycles. The van der Waals surface area contributed by atoms with E-state index in [1.165, 1.54) is 69.4 Å². The third kappa shape index (κ3) is 4.45. The first-order valence-corrected chi connectivity index (χ1v) is 8.34. The topological polar surface area (TPSA) is 15.3 Å². The van der Waals surface area contributed by atoms with Gasteiger partial charge in [-0.05, 0) is 63.7 Å². The molecule has 0 bridgehead atoms. The highest BCUT2D eigenvalue weighted by atomic mass is 35.5. The Morgan fingerprint density at radius 1 is 1.05 bits per heavy atom. The Morgan fingerprint density at radius 2 is 1.76 bits per heavy atom. The monoisotopic (exact) mass is 308 g/mol. The molecule has 1 aromatic rings. The van der Waals surface area contributed by atoms with E-state index in [1.807, 2.05) is 0 Å². The first-order valence-electron chi connectivity index (χ1n) is 8.34. The molecule has 2 fully saturated rings. The lowest BCUT2D eigenvalue weighted by Crippen LogP contribution is -2.40. The first-order chi connectivity index (χ1) is 9.83. The van der Waals surface area contributed by atoms with Crippen LogP contribution in [-0.2, 0) is 0 Å². The summed E-state index contributed by atoms with van der Waals surface area (Å²) in [5.41, 5.74) is 2.90. The molecule has 0 aliphatic carbocycles. The standard InChI is InChI=1S/C18H28N2.ClH/c1-15-5-7-17(8-6-15)18-4-2-3-13-20(18)14-16-9-11-19-12-10-16;/h5-8,16,18-19H,2-4,9-14H2,1H3;1H. The largest absolute Gasteiger partial charge is 0.317 e. The van der Waals surface area contributed by atoms with Crippen LogP contribution in [0.25, 0.3) is 0 Å². The molecule has 1 atom stereocenters. The average Bonchev–Trinajstić information content (AvgIpc) is 2.50. The second kappa shape index (κ2) is 8.17. The van der Waals surface area contributed by atoms with Gasteiger partial charge in [-0.15, -0.1) is 12.4 Å². The van der Waals surface area contributed by atoms with Gasteiger partial charge in [0.15, 0.2) is 0 Å². The van der Waals surface area contributed by atoms with Crippen molar-refractivity contribution in [2.45, 2.75) is 45.1 Å². The number of piperidine rings is 2. The van der Waals surface area contributed by atoms with Gasteiger partial charge in [0.25, 0.3) is 0 Å². The summed E-state index contributed by atoms with van der Waals surface area (Å²) in [5, 5.41) is 3.48. The van der Waals surface area contributed by atoms with Crippen LogP contribution < -0.4 is 5.32 Å². The lowest BCUT2D eigenvalue weighted by atomic mass is 9.91. The van der Waals surface area contributed by atoms with Crippen molar-refractivity contribution in [3.63, 3.8) is 0 Å². The van der Waals surface area contributed by atoms with Crippen LogP contribution in [0.2, 0.25) is 0 Å². The summed E-state index contributed by atoms with van der Waals surface area (Å²) < 4.78 is 0. The minimum Gasteiger partial charge on any atom is -0.317 e. The maximum Gasteiger partial charge on any atom is 0.0348 e. The van der Waals surface area contributed by atoms with Gasteiger partial charge >= 0.3 is 0 Å². The molecule has 0 saturated carbocycles. The van der Waals surface area contributed by atoms with Gasteiger partial charge in [0.2, 0.25) is 0 Å². The van der Waals surface area contributed by atoms with E-state index in [2.05, 4.69) is 41.4 Å². The molecular weight excluding hydrogens is 280 g/mol. The van der Waals surface area contributed by atoms with Gasteiger partial charge in [0.05, 0.1) is 0 Å². The number of benzene rings is 1. The lowest BCUT2D eigenvalue weighted by molar-refractivity contribution is 0.115. The summed E-state index contributed by atoms with van der Waals surface area (Å²) in [4.78, 5) is 2.77. The zero-order valence-electron chi connectivity index (χ0n) is 13.2. The summed E-state index contributed by atoms with van der Waals surface area (Å²) in [6.07, 6.45) is 6.83. The molecule has 2 aliphatic rings. The molecule has 118 valence electrons. The Hall–Kier alpha value is -0.570. The number of aryl methyl sites for hydroxylation is 1. The highest BCUT2D eigenvalue weighted by Gasteiger charge is 2.26. The first kappa shape index (κ1) is 16.8. The molecule has 2 saturated heterocycles. The predicted octanol–water partition coefficient (Wildman–Crippen LogP) is 3.94. The summed E-state index contributed by atoms with van der Waals surface area (Å²) in [7, 11) is 0. The summed E-state index contributed by atoms with van der Waals surface area (Å²) in [6, 6.07) is 9.90. The number of hydrogen-bond donors (Lipinski definition) is 1. The second-order valence-electron chi connectivity index (χ2n) is 6.61. The Kier molecular flexibility index (Phi) is 6.53. The molecule has 2 heterocycles. The summed E-state index contributed by atoms with van der Waals surface area (Å²) in [6.45, 7) is 7.21. The van der Waals surface area contributed by atoms with Crippen molar-refractivity contribution in [3.05, 3.63) is 35.4 Å². The number of hydrogen-bond acceptors (Lipinski definition) is 2. The Balaban J connectivity index is 0.00000161. The van der Waals surface area contributed by atoms with Crippen LogP contribution in [0.5, 0.6) is 0 Å². The smallest absolute Gasteiger partial charge is 0.0348 e. The Bertz CT molecular complexity index is 412. The molecule has 21 heavy (non-hydrogen) atoms. The van der Waals surface area contributed by atoms with E-state index < -0.39 is 0 Å². The maximum absolute atomic E-state index is 3.48. The van der Waals surface area contributed by atoms with Crippen molar-refractivity contribution in [3.8, 4) is 0 Å². The molecule has 3 heteroatoms. The lowest BCUT2D eigenvalue weighted by Gasteiger charge is -2.39. The predicted molar refractivity (Wildman–Crippen MR) is 92.2 cm³/mol. The van der Waals surface area contributed by atoms with Gasteiger partial charge in [0, 0.05) is 12.6 Å². The molecule has 0 radical (unpaired) electrons. The van der Waals surface area contributed by atoms with Gasteiger partial charge in [-0.25, -0.2) is 0 Å². The molecule has 2 aliphatic heterocycles. The van der Waals surface area contributed by atoms with Crippen molar-refractivity contribution in [1.29, 1.82) is 0 Å². The SMILES string of the molecule is Cc1ccc(C2CCCCN2CC2CCNCC2)cc1.Cl. The van der Waals surface area contributed by atoms with Gasteiger partial charge in [0.1, 0.15) is 0 Å². The number of halogens is 1. The van der Waals surface area contributed by atoms with Crippen LogP contribution >= 0.6 is 12.4 Å². The minimum atomic E-state index is 0. The van der Waals surface area contributed by atoms with E-state index in [4.69, 9.17) is 0 Å². The number of nitrogens with zero attached hydrogens (tertiary/aromatic N) is 1. The van der Waals surface area contributed by atoms with Crippen LogP contribution in [0.3, 0.4) is 0 Å². The van der Waals surface area contributed by atoms with Crippen molar-refractivity contribution in [2.75, 3.05) is 26.2 Å². The molecular formula is C18H29ClN2. The van der Waals surface area contributed by atoms with Crippen LogP contribution in [0.15, 0.2) is 24.3 Å². The molecule has 2 nitrogen and oxygen atoms in total. The quantitative estimate of drug-likeness (QED) is 0.910. The fourth-order valence-electron chi connectivity index (χ4n) is 3.77. The third-order valence-corrected chi connectivity index (χ3v) is 5.03. The Labute approximate surface area is 135 Å². The second-order valence-corrected chi connectivity index (χ2v) is 6.61. The molecule has 3 rings (SSSR count). The van der Waals surface area contributed by atoms with Crippen LogP contribution in [0.1, 0.15) is 49.3 Å². The molecule has 1 N–H and O–H groups in total. The fraction of sp³-hybridized carbons (Fsp3) is 0.667. The highest BCUT2D eigenvalue weighted by Crippen LogP contribution is 2.32. The van der Waals surface area contributed by atoms with E-state index >= 15 is 0 Å². The van der Waals surface area contributed by atoms with E-state index in [0.717, 1.165) is 5.92 Å². The summed E-state index contributed by atoms with van der Waals surface area (Å²) in [5.74, 6) is 0.905. The van der Waals surface area contributed by atoms with Crippen LogP contribution in [0.4, 0.5) is 0 Å². The van der Waals surface area contributed by atoms with Gasteiger partial charge in [-0.1, -0.05) is 36.2 Å². The number of likely N-dealkylation sites (tertiary alicyclic amines) is 1.